The number of likely N-dealkylation sites (tertiary alicyclic amines) is 1. The molecule has 0 atom stereocenters. The third kappa shape index (κ3) is 4.95. The number of ether oxygens (including phenoxy) is 1. The van der Waals surface area contributed by atoms with Gasteiger partial charge in [0, 0.05) is 18.2 Å². The maximum atomic E-state index is 11.0. The molecule has 1 fully saturated rings. The van der Waals surface area contributed by atoms with E-state index in [4.69, 9.17) is 14.4 Å². The Bertz CT molecular complexity index is 733. The molecule has 0 bridgehead atoms. The van der Waals surface area contributed by atoms with E-state index in [2.05, 4.69) is 4.90 Å². The van der Waals surface area contributed by atoms with Gasteiger partial charge >= 0.3 is 0 Å². The van der Waals surface area contributed by atoms with E-state index in [1.807, 2.05) is 30.3 Å². The topological polar surface area (TPSA) is 74.9 Å². The quantitative estimate of drug-likeness (QED) is 0.460. The van der Waals surface area contributed by atoms with Crippen molar-refractivity contribution in [3.63, 3.8) is 0 Å². The van der Waals surface area contributed by atoms with Gasteiger partial charge in [0.1, 0.15) is 23.9 Å². The number of hydrogen-bond acceptors (Lipinski definition) is 5. The molecule has 6 nitrogen and oxygen atoms in total. The number of benzene rings is 1. The number of carbonyl (C=O) groups excluding carboxylic acids is 1. The minimum atomic E-state index is -0.605. The van der Waals surface area contributed by atoms with Crippen LogP contribution in [0.1, 0.15) is 18.6 Å². The smallest absolute Gasteiger partial charge is 0.267 e. The van der Waals surface area contributed by atoms with Crippen molar-refractivity contribution in [3.05, 3.63) is 48.2 Å². The van der Waals surface area contributed by atoms with E-state index in [1.165, 1.54) is 43.6 Å². The van der Waals surface area contributed by atoms with Gasteiger partial charge < -0.3 is 9.15 Å². The molecule has 1 aromatic carbocycles. The standard InChI is InChI=1S/C19H22N2O4/c22-19(20-23)9-7-16-6-8-18(25-16)15-4-3-5-17(14-15)24-13-12-21-10-1-2-11-21/h3-9,14,23H,1-2,10-13H2,(H,20,22). The van der Waals surface area contributed by atoms with Gasteiger partial charge in [0.2, 0.25) is 0 Å². The molecular weight excluding hydrogens is 320 g/mol. The lowest BCUT2D eigenvalue weighted by molar-refractivity contribution is -0.124. The Morgan fingerprint density at radius 3 is 2.92 bits per heavy atom. The molecule has 2 heterocycles. The number of nitrogens with one attached hydrogen (secondary N) is 1. The Morgan fingerprint density at radius 2 is 2.12 bits per heavy atom. The van der Waals surface area contributed by atoms with Crippen LogP contribution in [0.3, 0.4) is 0 Å². The van der Waals surface area contributed by atoms with E-state index in [9.17, 15) is 4.79 Å². The highest BCUT2D eigenvalue weighted by Crippen LogP contribution is 2.26. The van der Waals surface area contributed by atoms with Crippen LogP contribution in [-0.2, 0) is 4.79 Å². The molecule has 2 N–H and O–H groups in total. The number of hydroxylamine groups is 1. The molecule has 2 aromatic rings. The first-order chi connectivity index (χ1) is 12.2. The fourth-order valence-corrected chi connectivity index (χ4v) is 2.83. The summed E-state index contributed by atoms with van der Waals surface area (Å²) in [5.74, 6) is 1.42. The molecule has 0 aliphatic carbocycles. The molecule has 0 spiro atoms. The summed E-state index contributed by atoms with van der Waals surface area (Å²) >= 11 is 0. The summed E-state index contributed by atoms with van der Waals surface area (Å²) in [6.45, 7) is 3.96. The summed E-state index contributed by atoms with van der Waals surface area (Å²) in [6, 6.07) is 11.3. The zero-order valence-electron chi connectivity index (χ0n) is 14.0. The average Bonchev–Trinajstić information content (AvgIpc) is 3.32. The van der Waals surface area contributed by atoms with Gasteiger partial charge in [0.15, 0.2) is 0 Å². The Hall–Kier alpha value is -2.57. The lowest BCUT2D eigenvalue weighted by Gasteiger charge is -2.15. The van der Waals surface area contributed by atoms with Gasteiger partial charge in [-0.1, -0.05) is 12.1 Å². The summed E-state index contributed by atoms with van der Waals surface area (Å²) in [5.41, 5.74) is 2.44. The van der Waals surface area contributed by atoms with Gasteiger partial charge in [-0.05, 0) is 56.3 Å². The first kappa shape index (κ1) is 17.3. The molecule has 1 amide bonds. The van der Waals surface area contributed by atoms with Gasteiger partial charge in [-0.2, -0.15) is 0 Å². The number of furan rings is 1. The van der Waals surface area contributed by atoms with Crippen LogP contribution < -0.4 is 10.2 Å². The number of amides is 1. The number of rotatable bonds is 7. The molecule has 1 aromatic heterocycles. The summed E-state index contributed by atoms with van der Waals surface area (Å²) in [4.78, 5) is 13.4. The van der Waals surface area contributed by atoms with Gasteiger partial charge in [-0.25, -0.2) is 5.48 Å². The first-order valence-corrected chi connectivity index (χ1v) is 8.42. The Labute approximate surface area is 146 Å². The maximum Gasteiger partial charge on any atom is 0.267 e. The van der Waals surface area contributed by atoms with Crippen molar-refractivity contribution < 1.29 is 19.2 Å². The monoisotopic (exact) mass is 342 g/mol. The van der Waals surface area contributed by atoms with Crippen molar-refractivity contribution in [2.24, 2.45) is 0 Å². The van der Waals surface area contributed by atoms with E-state index >= 15 is 0 Å². The Morgan fingerprint density at radius 1 is 1.28 bits per heavy atom. The SMILES string of the molecule is O=C(C=Cc1ccc(-c2cccc(OCCN3CCCC3)c2)o1)NO. The second-order valence-corrected chi connectivity index (χ2v) is 5.94. The van der Waals surface area contributed by atoms with E-state index in [0.29, 0.717) is 18.1 Å². The van der Waals surface area contributed by atoms with Crippen LogP contribution in [0.5, 0.6) is 5.75 Å². The number of carbonyl (C=O) groups is 1. The van der Waals surface area contributed by atoms with Crippen molar-refractivity contribution in [1.82, 2.24) is 10.4 Å². The average molecular weight is 342 g/mol. The third-order valence-corrected chi connectivity index (χ3v) is 4.13. The predicted molar refractivity (Wildman–Crippen MR) is 94.3 cm³/mol. The van der Waals surface area contributed by atoms with Gasteiger partial charge in [-0.3, -0.25) is 14.9 Å². The van der Waals surface area contributed by atoms with Gasteiger partial charge in [0.25, 0.3) is 5.91 Å². The largest absolute Gasteiger partial charge is 0.492 e. The van der Waals surface area contributed by atoms with Crippen molar-refractivity contribution in [2.75, 3.05) is 26.2 Å². The highest BCUT2D eigenvalue weighted by Gasteiger charge is 2.11. The molecule has 0 radical (unpaired) electrons. The second kappa shape index (κ2) is 8.50. The highest BCUT2D eigenvalue weighted by atomic mass is 16.5. The zero-order chi connectivity index (χ0) is 17.5. The fraction of sp³-hybridized carbons (Fsp3) is 0.316. The van der Waals surface area contributed by atoms with Gasteiger partial charge in [-0.15, -0.1) is 0 Å². The van der Waals surface area contributed by atoms with Crippen molar-refractivity contribution >= 4 is 12.0 Å². The van der Waals surface area contributed by atoms with Crippen LogP contribution >= 0.6 is 0 Å². The molecule has 0 saturated carbocycles. The van der Waals surface area contributed by atoms with Crippen LogP contribution in [0.2, 0.25) is 0 Å². The van der Waals surface area contributed by atoms with E-state index in [1.54, 1.807) is 6.07 Å². The van der Waals surface area contributed by atoms with Crippen molar-refractivity contribution in [1.29, 1.82) is 0 Å². The molecule has 132 valence electrons. The zero-order valence-corrected chi connectivity index (χ0v) is 14.0. The number of hydrogen-bond donors (Lipinski definition) is 2. The van der Waals surface area contributed by atoms with Crippen molar-refractivity contribution in [2.45, 2.75) is 12.8 Å². The normalized spacial score (nSPS) is 14.9. The summed E-state index contributed by atoms with van der Waals surface area (Å²) in [7, 11) is 0. The lowest BCUT2D eigenvalue weighted by atomic mass is 10.1. The van der Waals surface area contributed by atoms with Crippen LogP contribution in [-0.4, -0.2) is 42.3 Å². The lowest BCUT2D eigenvalue weighted by Crippen LogP contribution is -2.25. The predicted octanol–water partition coefficient (Wildman–Crippen LogP) is 2.94. The third-order valence-electron chi connectivity index (χ3n) is 4.13. The summed E-state index contributed by atoms with van der Waals surface area (Å²) in [5, 5.41) is 8.47. The Balaban J connectivity index is 1.60. The molecule has 1 aliphatic heterocycles. The molecule has 25 heavy (non-hydrogen) atoms. The van der Waals surface area contributed by atoms with E-state index in [-0.39, 0.29) is 0 Å². The summed E-state index contributed by atoms with van der Waals surface area (Å²) < 4.78 is 11.5. The van der Waals surface area contributed by atoms with Crippen LogP contribution in [0.25, 0.3) is 17.4 Å². The van der Waals surface area contributed by atoms with Gasteiger partial charge in [0.05, 0.1) is 0 Å². The number of nitrogens with zero attached hydrogens (tertiary/aromatic N) is 1. The second-order valence-electron chi connectivity index (χ2n) is 5.94. The molecule has 1 aliphatic rings. The molecule has 6 heteroatoms. The molecular formula is C19H22N2O4. The van der Waals surface area contributed by atoms with E-state index < -0.39 is 5.91 Å². The first-order valence-electron chi connectivity index (χ1n) is 8.42. The van der Waals surface area contributed by atoms with E-state index in [0.717, 1.165) is 17.9 Å². The van der Waals surface area contributed by atoms with Crippen LogP contribution in [0, 0.1) is 0 Å². The maximum absolute atomic E-state index is 11.0. The fourth-order valence-electron chi connectivity index (χ4n) is 2.83. The Kier molecular flexibility index (Phi) is 5.87. The summed E-state index contributed by atoms with van der Waals surface area (Å²) in [6.07, 6.45) is 5.25. The van der Waals surface area contributed by atoms with Crippen LogP contribution in [0.4, 0.5) is 0 Å². The molecule has 1 saturated heterocycles. The molecule has 3 rings (SSSR count). The molecule has 0 unspecified atom stereocenters. The van der Waals surface area contributed by atoms with Crippen LogP contribution in [0.15, 0.2) is 46.9 Å². The minimum Gasteiger partial charge on any atom is -0.492 e. The minimum absolute atomic E-state index is 0.527. The highest BCUT2D eigenvalue weighted by molar-refractivity contribution is 5.90. The van der Waals surface area contributed by atoms with Crippen molar-refractivity contribution in [3.8, 4) is 17.1 Å².